The third-order valence-corrected chi connectivity index (χ3v) is 6.25. The zero-order chi connectivity index (χ0) is 17.9. The highest BCUT2D eigenvalue weighted by Gasteiger charge is 2.24. The smallest absolute Gasteiger partial charge is 0.322 e. The Bertz CT molecular complexity index is 755. The Hall–Kier alpha value is -1.99. The SMILES string of the molecule is C[C@@H]1CCc2nc(NC(=O)N3CCN(Cc4ccncc4)CC3)sc2C1. The Balaban J connectivity index is 1.29. The predicted molar refractivity (Wildman–Crippen MR) is 103 cm³/mol. The van der Waals surface area contributed by atoms with E-state index in [4.69, 9.17) is 0 Å². The van der Waals surface area contributed by atoms with Crippen molar-refractivity contribution in [2.24, 2.45) is 5.92 Å². The van der Waals surface area contributed by atoms with Gasteiger partial charge in [-0.25, -0.2) is 9.78 Å². The van der Waals surface area contributed by atoms with Crippen molar-refractivity contribution < 1.29 is 4.79 Å². The molecular weight excluding hydrogens is 346 g/mol. The number of anilines is 1. The number of carbonyl (C=O) groups is 1. The summed E-state index contributed by atoms with van der Waals surface area (Å²) in [4.78, 5) is 26.9. The number of aryl methyl sites for hydroxylation is 1. The molecule has 1 atom stereocenters. The average molecular weight is 372 g/mol. The van der Waals surface area contributed by atoms with E-state index in [1.807, 2.05) is 29.4 Å². The molecule has 0 spiro atoms. The summed E-state index contributed by atoms with van der Waals surface area (Å²) in [6, 6.07) is 4.07. The summed E-state index contributed by atoms with van der Waals surface area (Å²) in [6.45, 7) is 6.48. The van der Waals surface area contributed by atoms with Crippen LogP contribution in [0.2, 0.25) is 0 Å². The van der Waals surface area contributed by atoms with Gasteiger partial charge in [0.2, 0.25) is 0 Å². The van der Waals surface area contributed by atoms with Gasteiger partial charge in [-0.2, -0.15) is 0 Å². The molecule has 0 saturated carbocycles. The number of piperazine rings is 1. The third kappa shape index (κ3) is 4.04. The van der Waals surface area contributed by atoms with Crippen molar-refractivity contribution in [2.75, 3.05) is 31.5 Å². The minimum Gasteiger partial charge on any atom is -0.322 e. The molecule has 138 valence electrons. The van der Waals surface area contributed by atoms with E-state index in [-0.39, 0.29) is 6.03 Å². The Morgan fingerprint density at radius 3 is 2.81 bits per heavy atom. The standard InChI is InChI=1S/C19H25N5OS/c1-14-2-3-16-17(12-14)26-18(21-16)22-19(25)24-10-8-23(9-11-24)13-15-4-6-20-7-5-15/h4-7,14H,2-3,8-13H2,1H3,(H,21,22,25)/t14-/m1/s1. The second-order valence-electron chi connectivity index (χ2n) is 7.29. The fourth-order valence-electron chi connectivity index (χ4n) is 3.62. The van der Waals surface area contributed by atoms with Gasteiger partial charge in [0.05, 0.1) is 5.69 Å². The van der Waals surface area contributed by atoms with Gasteiger partial charge in [0.1, 0.15) is 0 Å². The molecule has 3 heterocycles. The topological polar surface area (TPSA) is 61.4 Å². The zero-order valence-corrected chi connectivity index (χ0v) is 16.0. The lowest BCUT2D eigenvalue weighted by Gasteiger charge is -2.34. The summed E-state index contributed by atoms with van der Waals surface area (Å²) in [7, 11) is 0. The number of aromatic nitrogens is 2. The van der Waals surface area contributed by atoms with Crippen molar-refractivity contribution in [3.8, 4) is 0 Å². The van der Waals surface area contributed by atoms with E-state index in [1.165, 1.54) is 22.6 Å². The van der Waals surface area contributed by atoms with Crippen molar-refractivity contribution in [1.82, 2.24) is 19.8 Å². The molecule has 6 nitrogen and oxygen atoms in total. The maximum Gasteiger partial charge on any atom is 0.323 e. The van der Waals surface area contributed by atoms with Gasteiger partial charge in [0.15, 0.2) is 5.13 Å². The quantitative estimate of drug-likeness (QED) is 0.901. The van der Waals surface area contributed by atoms with Crippen LogP contribution in [0.15, 0.2) is 24.5 Å². The molecule has 0 bridgehead atoms. The van der Waals surface area contributed by atoms with E-state index >= 15 is 0 Å². The van der Waals surface area contributed by atoms with Crippen LogP contribution in [-0.4, -0.2) is 52.0 Å². The third-order valence-electron chi connectivity index (χ3n) is 5.21. The van der Waals surface area contributed by atoms with Crippen molar-refractivity contribution in [2.45, 2.75) is 32.7 Å². The number of nitrogens with one attached hydrogen (secondary N) is 1. The number of fused-ring (bicyclic) bond motifs is 1. The first kappa shape index (κ1) is 17.4. The van der Waals surface area contributed by atoms with Crippen molar-refractivity contribution in [3.63, 3.8) is 0 Å². The highest BCUT2D eigenvalue weighted by atomic mass is 32.1. The number of carbonyl (C=O) groups excluding carboxylic acids is 1. The van der Waals surface area contributed by atoms with Gasteiger partial charge in [0.25, 0.3) is 0 Å². The molecule has 1 fully saturated rings. The minimum atomic E-state index is -0.0206. The van der Waals surface area contributed by atoms with Crippen LogP contribution in [0.3, 0.4) is 0 Å². The second kappa shape index (κ2) is 7.72. The molecule has 2 amide bonds. The molecule has 0 unspecified atom stereocenters. The summed E-state index contributed by atoms with van der Waals surface area (Å²) < 4.78 is 0. The number of rotatable bonds is 3. The van der Waals surface area contributed by atoms with E-state index in [0.29, 0.717) is 0 Å². The molecule has 0 radical (unpaired) electrons. The van der Waals surface area contributed by atoms with E-state index in [2.05, 4.69) is 27.1 Å². The molecule has 2 aromatic rings. The molecule has 7 heteroatoms. The molecule has 1 aliphatic carbocycles. The van der Waals surface area contributed by atoms with Crippen LogP contribution in [0.25, 0.3) is 0 Å². The van der Waals surface area contributed by atoms with Crippen molar-refractivity contribution >= 4 is 22.5 Å². The Morgan fingerprint density at radius 2 is 2.04 bits per heavy atom. The largest absolute Gasteiger partial charge is 0.323 e. The fourth-order valence-corrected chi connectivity index (χ4v) is 4.78. The summed E-state index contributed by atoms with van der Waals surface area (Å²) >= 11 is 1.65. The van der Waals surface area contributed by atoms with Crippen molar-refractivity contribution in [1.29, 1.82) is 0 Å². The monoisotopic (exact) mass is 371 g/mol. The average Bonchev–Trinajstić information content (AvgIpc) is 3.04. The highest BCUT2D eigenvalue weighted by Crippen LogP contribution is 2.32. The first-order valence-electron chi connectivity index (χ1n) is 9.33. The van der Waals surface area contributed by atoms with Crippen LogP contribution in [0.5, 0.6) is 0 Å². The Kier molecular flexibility index (Phi) is 5.17. The van der Waals surface area contributed by atoms with Crippen LogP contribution in [0.4, 0.5) is 9.93 Å². The highest BCUT2D eigenvalue weighted by molar-refractivity contribution is 7.15. The van der Waals surface area contributed by atoms with E-state index in [1.54, 1.807) is 11.3 Å². The number of hydrogen-bond acceptors (Lipinski definition) is 5. The number of hydrogen-bond donors (Lipinski definition) is 1. The number of nitrogens with zero attached hydrogens (tertiary/aromatic N) is 4. The van der Waals surface area contributed by atoms with Gasteiger partial charge in [0, 0.05) is 50.0 Å². The molecule has 2 aromatic heterocycles. The molecule has 1 aliphatic heterocycles. The maximum atomic E-state index is 12.6. The number of amides is 2. The van der Waals surface area contributed by atoms with Gasteiger partial charge in [-0.05, 0) is 42.9 Å². The van der Waals surface area contributed by atoms with Gasteiger partial charge in [-0.3, -0.25) is 15.2 Å². The Labute approximate surface area is 158 Å². The lowest BCUT2D eigenvalue weighted by atomic mass is 9.93. The minimum absolute atomic E-state index is 0.0206. The van der Waals surface area contributed by atoms with Crippen molar-refractivity contribution in [3.05, 3.63) is 40.7 Å². The predicted octanol–water partition coefficient (Wildman–Crippen LogP) is 3.01. The van der Waals surface area contributed by atoms with Crippen LogP contribution in [0.1, 0.15) is 29.5 Å². The summed E-state index contributed by atoms with van der Waals surface area (Å²) in [5.41, 5.74) is 2.45. The van der Waals surface area contributed by atoms with Gasteiger partial charge >= 0.3 is 6.03 Å². The maximum absolute atomic E-state index is 12.6. The molecule has 1 saturated heterocycles. The first-order valence-corrected chi connectivity index (χ1v) is 10.1. The molecule has 26 heavy (non-hydrogen) atoms. The zero-order valence-electron chi connectivity index (χ0n) is 15.1. The lowest BCUT2D eigenvalue weighted by Crippen LogP contribution is -2.49. The van der Waals surface area contributed by atoms with Gasteiger partial charge in [-0.1, -0.05) is 6.92 Å². The second-order valence-corrected chi connectivity index (χ2v) is 8.37. The molecule has 1 N–H and O–H groups in total. The van der Waals surface area contributed by atoms with E-state index in [9.17, 15) is 4.79 Å². The molecule has 4 rings (SSSR count). The van der Waals surface area contributed by atoms with Crippen LogP contribution in [-0.2, 0) is 19.4 Å². The van der Waals surface area contributed by atoms with Gasteiger partial charge in [-0.15, -0.1) is 11.3 Å². The fraction of sp³-hybridized carbons (Fsp3) is 0.526. The van der Waals surface area contributed by atoms with Crippen LogP contribution < -0.4 is 5.32 Å². The molecular formula is C19H25N5OS. The number of urea groups is 1. The molecule has 0 aromatic carbocycles. The summed E-state index contributed by atoms with van der Waals surface area (Å²) in [6.07, 6.45) is 6.98. The van der Waals surface area contributed by atoms with Crippen LogP contribution in [0, 0.1) is 5.92 Å². The lowest BCUT2D eigenvalue weighted by molar-refractivity contribution is 0.143. The normalized spacial score (nSPS) is 20.7. The molecule has 2 aliphatic rings. The van der Waals surface area contributed by atoms with Crippen LogP contribution >= 0.6 is 11.3 Å². The number of thiazole rings is 1. The van der Waals surface area contributed by atoms with Gasteiger partial charge < -0.3 is 4.90 Å². The summed E-state index contributed by atoms with van der Waals surface area (Å²) in [5, 5.41) is 3.77. The first-order chi connectivity index (χ1) is 12.7. The summed E-state index contributed by atoms with van der Waals surface area (Å²) in [5.74, 6) is 0.722. The number of pyridine rings is 1. The van der Waals surface area contributed by atoms with E-state index < -0.39 is 0 Å². The van der Waals surface area contributed by atoms with E-state index in [0.717, 1.165) is 56.6 Å². The Morgan fingerprint density at radius 1 is 1.27 bits per heavy atom.